The lowest BCUT2D eigenvalue weighted by molar-refractivity contribution is 0.546. The molecule has 3 nitrogen and oxygen atoms in total. The molecule has 1 aromatic carbocycles. The molecular formula is C13H12N2OS2. The van der Waals surface area contributed by atoms with E-state index in [1.165, 1.54) is 5.56 Å². The second-order valence-electron chi connectivity index (χ2n) is 3.95. The lowest BCUT2D eigenvalue weighted by Crippen LogP contribution is -2.22. The Hall–Kier alpha value is -1.01. The molecular weight excluding hydrogens is 264 g/mol. The maximum absolute atomic E-state index is 12.2. The van der Waals surface area contributed by atoms with Crippen LogP contribution in [0.15, 0.2) is 58.6 Å². The second kappa shape index (κ2) is 5.32. The van der Waals surface area contributed by atoms with Crippen molar-refractivity contribution in [3.05, 3.63) is 54.4 Å². The number of hydrogen-bond acceptors (Lipinski definition) is 4. The standard InChI is InChI=1S/C13H12N2OS2/c16-18-13-4-2-1-3-12(13)17-15(18)10-7-11-5-8-14-9-6-11/h1-6,8-9H,7,10H2. The Bertz CT molecular complexity index is 536. The van der Waals surface area contributed by atoms with Crippen LogP contribution in [0.4, 0.5) is 0 Å². The Balaban J connectivity index is 1.66. The molecule has 1 aromatic heterocycles. The van der Waals surface area contributed by atoms with E-state index in [1.807, 2.05) is 40.1 Å². The number of hydrogen-bond donors (Lipinski definition) is 0. The quantitative estimate of drug-likeness (QED) is 0.638. The van der Waals surface area contributed by atoms with Crippen molar-refractivity contribution in [2.45, 2.75) is 16.2 Å². The highest BCUT2D eigenvalue weighted by Crippen LogP contribution is 2.41. The summed E-state index contributed by atoms with van der Waals surface area (Å²) in [6.45, 7) is 0.774. The predicted molar refractivity (Wildman–Crippen MR) is 73.4 cm³/mol. The number of aromatic nitrogens is 1. The SMILES string of the molecule is [O-][S+]1c2ccccc2SN1CCc1ccncc1. The molecule has 1 aliphatic rings. The monoisotopic (exact) mass is 276 g/mol. The summed E-state index contributed by atoms with van der Waals surface area (Å²) in [5.41, 5.74) is 1.22. The van der Waals surface area contributed by atoms with Crippen molar-refractivity contribution in [3.63, 3.8) is 0 Å². The van der Waals surface area contributed by atoms with Gasteiger partial charge in [0.05, 0.1) is 22.8 Å². The van der Waals surface area contributed by atoms with E-state index in [1.54, 1.807) is 24.3 Å². The van der Waals surface area contributed by atoms with Crippen LogP contribution < -0.4 is 0 Å². The minimum absolute atomic E-state index is 0.774. The summed E-state index contributed by atoms with van der Waals surface area (Å²) in [6, 6.07) is 11.9. The van der Waals surface area contributed by atoms with E-state index in [9.17, 15) is 4.55 Å². The van der Waals surface area contributed by atoms with Crippen molar-refractivity contribution < 1.29 is 4.55 Å². The fourth-order valence-electron chi connectivity index (χ4n) is 1.82. The number of pyridine rings is 1. The third-order valence-electron chi connectivity index (χ3n) is 2.75. The first-order chi connectivity index (χ1) is 8.84. The van der Waals surface area contributed by atoms with Crippen LogP contribution in [0.25, 0.3) is 0 Å². The van der Waals surface area contributed by atoms with Gasteiger partial charge in [0.15, 0.2) is 4.90 Å². The highest BCUT2D eigenvalue weighted by atomic mass is 32.3. The Labute approximate surface area is 114 Å². The molecule has 0 saturated heterocycles. The highest BCUT2D eigenvalue weighted by molar-refractivity contribution is 8.11. The molecule has 2 heterocycles. The number of rotatable bonds is 3. The lowest BCUT2D eigenvalue weighted by Gasteiger charge is -2.14. The Morgan fingerprint density at radius 1 is 1.17 bits per heavy atom. The summed E-state index contributed by atoms with van der Waals surface area (Å²) in [6.07, 6.45) is 4.46. The number of benzene rings is 1. The molecule has 18 heavy (non-hydrogen) atoms. The van der Waals surface area contributed by atoms with Gasteiger partial charge < -0.3 is 4.55 Å². The van der Waals surface area contributed by atoms with Gasteiger partial charge in [-0.05, 0) is 36.2 Å². The molecule has 92 valence electrons. The summed E-state index contributed by atoms with van der Waals surface area (Å²) in [7, 11) is 0. The second-order valence-corrected chi connectivity index (χ2v) is 6.62. The van der Waals surface area contributed by atoms with Crippen molar-refractivity contribution in [1.29, 1.82) is 0 Å². The smallest absolute Gasteiger partial charge is 0.190 e. The average Bonchev–Trinajstić information content (AvgIpc) is 2.75. The molecule has 0 saturated carbocycles. The summed E-state index contributed by atoms with van der Waals surface area (Å²) in [5, 5.41) is 0. The summed E-state index contributed by atoms with van der Waals surface area (Å²) < 4.78 is 14.2. The zero-order chi connectivity index (χ0) is 12.4. The summed E-state index contributed by atoms with van der Waals surface area (Å²) >= 11 is 0.553. The fraction of sp³-hybridized carbons (Fsp3) is 0.154. The van der Waals surface area contributed by atoms with Gasteiger partial charge in [0.25, 0.3) is 0 Å². The Morgan fingerprint density at radius 3 is 2.72 bits per heavy atom. The molecule has 1 aliphatic heterocycles. The summed E-state index contributed by atoms with van der Waals surface area (Å²) in [4.78, 5) is 6.02. The molecule has 3 rings (SSSR count). The molecule has 5 heteroatoms. The first-order valence-corrected chi connectivity index (χ1v) is 7.58. The first-order valence-electron chi connectivity index (χ1n) is 5.70. The van der Waals surface area contributed by atoms with Gasteiger partial charge in [0, 0.05) is 24.3 Å². The fourth-order valence-corrected chi connectivity index (χ4v) is 4.51. The van der Waals surface area contributed by atoms with Gasteiger partial charge in [0.2, 0.25) is 0 Å². The van der Waals surface area contributed by atoms with Gasteiger partial charge in [-0.25, -0.2) is 0 Å². The van der Waals surface area contributed by atoms with Crippen molar-refractivity contribution in [1.82, 2.24) is 8.69 Å². The predicted octanol–water partition coefficient (Wildman–Crippen LogP) is 2.67. The van der Waals surface area contributed by atoms with Crippen molar-refractivity contribution in [3.8, 4) is 0 Å². The van der Waals surface area contributed by atoms with E-state index in [-0.39, 0.29) is 0 Å². The summed E-state index contributed by atoms with van der Waals surface area (Å²) in [5.74, 6) is 0. The molecule has 0 spiro atoms. The lowest BCUT2D eigenvalue weighted by atomic mass is 10.2. The minimum Gasteiger partial charge on any atom is -0.592 e. The Kier molecular flexibility index (Phi) is 3.56. The van der Waals surface area contributed by atoms with E-state index in [0.29, 0.717) is 0 Å². The minimum atomic E-state index is -1.03. The molecule has 0 N–H and O–H groups in total. The van der Waals surface area contributed by atoms with Crippen LogP contribution >= 0.6 is 11.9 Å². The molecule has 2 aromatic rings. The van der Waals surface area contributed by atoms with Crippen LogP contribution in [0.5, 0.6) is 0 Å². The average molecular weight is 276 g/mol. The van der Waals surface area contributed by atoms with Crippen LogP contribution in [0.3, 0.4) is 0 Å². The first kappa shape index (κ1) is 12.0. The third-order valence-corrected chi connectivity index (χ3v) is 5.74. The van der Waals surface area contributed by atoms with Crippen LogP contribution in [0.2, 0.25) is 0 Å². The highest BCUT2D eigenvalue weighted by Gasteiger charge is 2.34. The molecule has 0 aliphatic carbocycles. The van der Waals surface area contributed by atoms with Crippen molar-refractivity contribution in [2.24, 2.45) is 0 Å². The van der Waals surface area contributed by atoms with E-state index in [2.05, 4.69) is 4.98 Å². The zero-order valence-electron chi connectivity index (χ0n) is 9.65. The van der Waals surface area contributed by atoms with Crippen molar-refractivity contribution in [2.75, 3.05) is 6.54 Å². The van der Waals surface area contributed by atoms with Gasteiger partial charge in [-0.15, -0.1) is 0 Å². The third kappa shape index (κ3) is 2.40. The zero-order valence-corrected chi connectivity index (χ0v) is 11.3. The van der Waals surface area contributed by atoms with Crippen LogP contribution in [0.1, 0.15) is 5.56 Å². The van der Waals surface area contributed by atoms with Crippen LogP contribution in [-0.2, 0) is 17.8 Å². The Morgan fingerprint density at radius 2 is 1.94 bits per heavy atom. The van der Waals surface area contributed by atoms with Crippen LogP contribution in [0, 0.1) is 0 Å². The van der Waals surface area contributed by atoms with E-state index in [4.69, 9.17) is 0 Å². The van der Waals surface area contributed by atoms with Gasteiger partial charge in [0.1, 0.15) is 0 Å². The van der Waals surface area contributed by atoms with Crippen LogP contribution in [-0.4, -0.2) is 19.8 Å². The van der Waals surface area contributed by atoms with E-state index >= 15 is 0 Å². The molecule has 0 bridgehead atoms. The maximum atomic E-state index is 12.2. The van der Waals surface area contributed by atoms with Gasteiger partial charge >= 0.3 is 0 Å². The number of nitrogens with zero attached hydrogens (tertiary/aromatic N) is 2. The molecule has 1 atom stereocenters. The number of fused-ring (bicyclic) bond motifs is 1. The molecule has 0 amide bonds. The van der Waals surface area contributed by atoms with Gasteiger partial charge in [-0.1, -0.05) is 15.8 Å². The van der Waals surface area contributed by atoms with E-state index < -0.39 is 11.4 Å². The van der Waals surface area contributed by atoms with Gasteiger partial charge in [-0.2, -0.15) is 0 Å². The maximum Gasteiger partial charge on any atom is 0.190 e. The molecule has 0 radical (unpaired) electrons. The van der Waals surface area contributed by atoms with Gasteiger partial charge in [-0.3, -0.25) is 4.98 Å². The molecule has 0 fully saturated rings. The largest absolute Gasteiger partial charge is 0.592 e. The van der Waals surface area contributed by atoms with E-state index in [0.717, 1.165) is 22.8 Å². The normalized spacial score (nSPS) is 18.8. The molecule has 1 unspecified atom stereocenters. The van der Waals surface area contributed by atoms with Crippen molar-refractivity contribution >= 4 is 23.3 Å². The topological polar surface area (TPSA) is 39.2 Å².